The number of sulfone groups is 1. The van der Waals surface area contributed by atoms with Gasteiger partial charge in [-0.05, 0) is 18.6 Å². The van der Waals surface area contributed by atoms with Crippen LogP contribution in [-0.2, 0) is 16.4 Å². The quantitative estimate of drug-likeness (QED) is 0.793. The van der Waals surface area contributed by atoms with Gasteiger partial charge in [0, 0.05) is 38.8 Å². The maximum Gasteiger partial charge on any atom is 0.151 e. The fraction of sp³-hybridized carbons (Fsp3) is 0.529. The second-order valence-corrected chi connectivity index (χ2v) is 9.09. The molecule has 0 N–H and O–H groups in total. The summed E-state index contributed by atoms with van der Waals surface area (Å²) in [7, 11) is -2.81. The van der Waals surface area contributed by atoms with Crippen LogP contribution in [0.3, 0.4) is 0 Å². The Bertz CT molecular complexity index is 813. The second kappa shape index (κ2) is 6.86. The van der Waals surface area contributed by atoms with Crippen molar-refractivity contribution in [1.29, 1.82) is 0 Å². The zero-order valence-electron chi connectivity index (χ0n) is 14.2. The highest BCUT2D eigenvalue weighted by Gasteiger charge is 2.33. The molecule has 4 rings (SSSR count). The Morgan fingerprint density at radius 2 is 1.84 bits per heavy atom. The van der Waals surface area contributed by atoms with Crippen molar-refractivity contribution in [2.45, 2.75) is 19.0 Å². The van der Waals surface area contributed by atoms with Gasteiger partial charge in [0.15, 0.2) is 9.84 Å². The Hall–Kier alpha value is -1.77. The van der Waals surface area contributed by atoms with Crippen LogP contribution in [0.2, 0.25) is 0 Å². The van der Waals surface area contributed by atoms with E-state index in [-0.39, 0.29) is 6.04 Å². The normalized spacial score (nSPS) is 24.6. The van der Waals surface area contributed by atoms with Crippen molar-refractivity contribution in [3.05, 3.63) is 42.2 Å². The number of nitrogens with zero attached hydrogens (tertiary/aromatic N) is 5. The molecule has 1 atom stereocenters. The van der Waals surface area contributed by atoms with Crippen molar-refractivity contribution in [3.63, 3.8) is 0 Å². The number of piperazine rings is 1. The molecule has 7 nitrogen and oxygen atoms in total. The maximum atomic E-state index is 11.7. The van der Waals surface area contributed by atoms with E-state index in [1.165, 1.54) is 0 Å². The summed E-state index contributed by atoms with van der Waals surface area (Å²) < 4.78 is 25.1. The molecule has 8 heteroatoms. The highest BCUT2D eigenvalue weighted by atomic mass is 32.2. The largest absolute Gasteiger partial charge is 0.297 e. The number of hydrogen-bond acceptors (Lipinski definition) is 6. The van der Waals surface area contributed by atoms with E-state index in [0.29, 0.717) is 11.5 Å². The van der Waals surface area contributed by atoms with E-state index in [1.807, 2.05) is 36.5 Å². The average molecular weight is 361 g/mol. The first-order valence-electron chi connectivity index (χ1n) is 8.72. The van der Waals surface area contributed by atoms with Crippen LogP contribution in [0.1, 0.15) is 12.1 Å². The van der Waals surface area contributed by atoms with Crippen molar-refractivity contribution in [2.75, 3.05) is 37.7 Å². The van der Waals surface area contributed by atoms with Crippen LogP contribution in [0.4, 0.5) is 0 Å². The molecule has 0 unspecified atom stereocenters. The molecule has 2 saturated heterocycles. The highest BCUT2D eigenvalue weighted by molar-refractivity contribution is 7.91. The fourth-order valence-corrected chi connectivity index (χ4v) is 5.42. The molecule has 0 bridgehead atoms. The van der Waals surface area contributed by atoms with Gasteiger partial charge in [-0.3, -0.25) is 9.80 Å². The first-order valence-corrected chi connectivity index (χ1v) is 10.5. The van der Waals surface area contributed by atoms with E-state index >= 15 is 0 Å². The van der Waals surface area contributed by atoms with Gasteiger partial charge in [0.2, 0.25) is 0 Å². The summed E-state index contributed by atoms with van der Waals surface area (Å²) in [6.07, 6.45) is 2.76. The molecule has 0 amide bonds. The molecule has 134 valence electrons. The summed E-state index contributed by atoms with van der Waals surface area (Å²) in [5, 5.41) is 8.49. The lowest BCUT2D eigenvalue weighted by Gasteiger charge is -2.37. The Labute approximate surface area is 148 Å². The second-order valence-electron chi connectivity index (χ2n) is 6.86. The summed E-state index contributed by atoms with van der Waals surface area (Å²) in [4.78, 5) is 4.70. The van der Waals surface area contributed by atoms with Gasteiger partial charge in [0.05, 0.1) is 29.1 Å². The van der Waals surface area contributed by atoms with Gasteiger partial charge in [0.25, 0.3) is 0 Å². The topological polar surface area (TPSA) is 71.3 Å². The van der Waals surface area contributed by atoms with Crippen molar-refractivity contribution < 1.29 is 8.42 Å². The molecule has 2 aliphatic heterocycles. The minimum atomic E-state index is -2.81. The zero-order valence-corrected chi connectivity index (χ0v) is 15.0. The Morgan fingerprint density at radius 3 is 2.52 bits per heavy atom. The van der Waals surface area contributed by atoms with Gasteiger partial charge in [-0.1, -0.05) is 23.4 Å². The lowest BCUT2D eigenvalue weighted by atomic mass is 10.2. The highest BCUT2D eigenvalue weighted by Crippen LogP contribution is 2.19. The minimum Gasteiger partial charge on any atom is -0.297 e. The van der Waals surface area contributed by atoms with Crippen molar-refractivity contribution in [1.82, 2.24) is 24.8 Å². The van der Waals surface area contributed by atoms with Crippen molar-refractivity contribution in [3.8, 4) is 5.69 Å². The van der Waals surface area contributed by atoms with E-state index in [2.05, 4.69) is 20.1 Å². The summed E-state index contributed by atoms with van der Waals surface area (Å²) in [5.74, 6) is 0.679. The average Bonchev–Trinajstić information content (AvgIpc) is 3.23. The Morgan fingerprint density at radius 1 is 1.08 bits per heavy atom. The van der Waals surface area contributed by atoms with Gasteiger partial charge < -0.3 is 0 Å². The summed E-state index contributed by atoms with van der Waals surface area (Å²) in [5.41, 5.74) is 1.97. The molecule has 3 heterocycles. The zero-order chi connectivity index (χ0) is 17.3. The summed E-state index contributed by atoms with van der Waals surface area (Å²) in [6.45, 7) is 4.51. The number of rotatable bonds is 4. The van der Waals surface area contributed by atoms with Gasteiger partial charge in [-0.25, -0.2) is 13.1 Å². The van der Waals surface area contributed by atoms with Crippen LogP contribution >= 0.6 is 0 Å². The van der Waals surface area contributed by atoms with Crippen LogP contribution in [-0.4, -0.2) is 76.9 Å². The smallest absolute Gasteiger partial charge is 0.151 e. The third-order valence-corrected chi connectivity index (χ3v) is 6.83. The molecule has 2 aromatic rings. The number of para-hydroxylation sites is 1. The molecule has 1 aromatic carbocycles. The molecular weight excluding hydrogens is 338 g/mol. The van der Waals surface area contributed by atoms with Crippen LogP contribution in [0.5, 0.6) is 0 Å². The lowest BCUT2D eigenvalue weighted by Crippen LogP contribution is -2.50. The van der Waals surface area contributed by atoms with E-state index in [9.17, 15) is 8.42 Å². The first-order chi connectivity index (χ1) is 12.1. The minimum absolute atomic E-state index is 0.214. The standard InChI is InChI=1S/C17H23N5O2S/c23-25(24)11-6-17(14-25)21-9-7-20(8-10-21)12-15-13-22(19-18-15)16-4-2-1-3-5-16/h1-5,13,17H,6-12,14H2/t17-/m0/s1. The summed E-state index contributed by atoms with van der Waals surface area (Å²) >= 11 is 0. The van der Waals surface area contributed by atoms with E-state index in [1.54, 1.807) is 4.68 Å². The van der Waals surface area contributed by atoms with Crippen LogP contribution in [0.25, 0.3) is 5.69 Å². The molecule has 1 aromatic heterocycles. The monoisotopic (exact) mass is 361 g/mol. The molecule has 2 fully saturated rings. The molecule has 0 radical (unpaired) electrons. The number of aromatic nitrogens is 3. The molecule has 0 saturated carbocycles. The van der Waals surface area contributed by atoms with Crippen LogP contribution < -0.4 is 0 Å². The molecule has 0 aliphatic carbocycles. The maximum absolute atomic E-state index is 11.7. The van der Waals surface area contributed by atoms with Crippen LogP contribution in [0.15, 0.2) is 36.5 Å². The first kappa shape index (κ1) is 16.7. The Kier molecular flexibility index (Phi) is 4.58. The van der Waals surface area contributed by atoms with Gasteiger partial charge >= 0.3 is 0 Å². The lowest BCUT2D eigenvalue weighted by molar-refractivity contribution is 0.0992. The number of benzene rings is 1. The van der Waals surface area contributed by atoms with Gasteiger partial charge in [-0.15, -0.1) is 5.10 Å². The summed E-state index contributed by atoms with van der Waals surface area (Å²) in [6, 6.07) is 10.2. The van der Waals surface area contributed by atoms with E-state index in [4.69, 9.17) is 0 Å². The predicted molar refractivity (Wildman–Crippen MR) is 95.3 cm³/mol. The SMILES string of the molecule is O=S1(=O)CC[C@H](N2CCN(Cc3cn(-c4ccccc4)nn3)CC2)C1. The predicted octanol–water partition coefficient (Wildman–Crippen LogP) is 0.572. The molecule has 25 heavy (non-hydrogen) atoms. The third kappa shape index (κ3) is 3.91. The van der Waals surface area contributed by atoms with E-state index in [0.717, 1.165) is 50.5 Å². The van der Waals surface area contributed by atoms with Crippen molar-refractivity contribution in [2.24, 2.45) is 0 Å². The molecule has 2 aliphatic rings. The van der Waals surface area contributed by atoms with E-state index < -0.39 is 9.84 Å². The third-order valence-electron chi connectivity index (χ3n) is 5.08. The fourth-order valence-electron chi connectivity index (χ4n) is 3.66. The Balaban J connectivity index is 1.31. The van der Waals surface area contributed by atoms with Gasteiger partial charge in [-0.2, -0.15) is 0 Å². The number of hydrogen-bond donors (Lipinski definition) is 0. The van der Waals surface area contributed by atoms with Gasteiger partial charge in [0.1, 0.15) is 0 Å². The van der Waals surface area contributed by atoms with Crippen LogP contribution in [0, 0.1) is 0 Å². The molecule has 0 spiro atoms. The molecular formula is C17H23N5O2S. The van der Waals surface area contributed by atoms with Crippen molar-refractivity contribution >= 4 is 9.84 Å².